The van der Waals surface area contributed by atoms with Crippen molar-refractivity contribution in [3.63, 3.8) is 0 Å². The monoisotopic (exact) mass is 217 g/mol. The SMILES string of the molecule is CCSC(SC)=C(C#N)C(=O)OC. The summed E-state index contributed by atoms with van der Waals surface area (Å²) in [7, 11) is 1.27. The van der Waals surface area contributed by atoms with E-state index in [9.17, 15) is 4.79 Å². The van der Waals surface area contributed by atoms with Crippen LogP contribution in [0.2, 0.25) is 0 Å². The van der Waals surface area contributed by atoms with Crippen molar-refractivity contribution in [2.75, 3.05) is 19.1 Å². The summed E-state index contributed by atoms with van der Waals surface area (Å²) in [5.41, 5.74) is 0.0989. The molecule has 13 heavy (non-hydrogen) atoms. The van der Waals surface area contributed by atoms with Crippen LogP contribution in [-0.2, 0) is 9.53 Å². The molecule has 0 saturated heterocycles. The Labute approximate surface area is 86.5 Å². The zero-order chi connectivity index (χ0) is 10.3. The minimum absolute atomic E-state index is 0.0989. The number of esters is 1. The average Bonchev–Trinajstić information content (AvgIpc) is 2.17. The molecule has 0 aromatic heterocycles. The third-order valence-corrected chi connectivity index (χ3v) is 3.35. The third-order valence-electron chi connectivity index (χ3n) is 1.17. The number of carbonyl (C=O) groups is 1. The first kappa shape index (κ1) is 12.4. The summed E-state index contributed by atoms with van der Waals surface area (Å²) in [6.45, 7) is 1.97. The Morgan fingerprint density at radius 1 is 1.62 bits per heavy atom. The van der Waals surface area contributed by atoms with Gasteiger partial charge in [-0.15, -0.1) is 23.5 Å². The maximum atomic E-state index is 11.1. The van der Waals surface area contributed by atoms with Gasteiger partial charge in [0.15, 0.2) is 5.57 Å². The van der Waals surface area contributed by atoms with Crippen LogP contribution in [0.15, 0.2) is 9.81 Å². The van der Waals surface area contributed by atoms with Crippen LogP contribution in [0.4, 0.5) is 0 Å². The number of carbonyl (C=O) groups excluding carboxylic acids is 1. The second-order valence-electron chi connectivity index (χ2n) is 1.90. The molecule has 0 N–H and O–H groups in total. The lowest BCUT2D eigenvalue weighted by Crippen LogP contribution is -2.04. The number of hydrogen-bond donors (Lipinski definition) is 0. The second kappa shape index (κ2) is 6.87. The molecule has 0 unspecified atom stereocenters. The van der Waals surface area contributed by atoms with Crippen LogP contribution in [0.3, 0.4) is 0 Å². The topological polar surface area (TPSA) is 50.1 Å². The molecular weight excluding hydrogens is 206 g/mol. The van der Waals surface area contributed by atoms with Crippen LogP contribution in [0.25, 0.3) is 0 Å². The smallest absolute Gasteiger partial charge is 0.350 e. The average molecular weight is 217 g/mol. The molecule has 5 heteroatoms. The van der Waals surface area contributed by atoms with Gasteiger partial charge in [0.25, 0.3) is 0 Å². The summed E-state index contributed by atoms with van der Waals surface area (Å²) in [4.78, 5) is 11.1. The van der Waals surface area contributed by atoms with Gasteiger partial charge in [0, 0.05) is 0 Å². The van der Waals surface area contributed by atoms with Gasteiger partial charge in [-0.1, -0.05) is 6.92 Å². The Hall–Kier alpha value is -0.600. The van der Waals surface area contributed by atoms with Crippen molar-refractivity contribution < 1.29 is 9.53 Å². The van der Waals surface area contributed by atoms with Crippen LogP contribution in [0.1, 0.15) is 6.92 Å². The van der Waals surface area contributed by atoms with Gasteiger partial charge in [-0.05, 0) is 12.0 Å². The summed E-state index contributed by atoms with van der Waals surface area (Å²) in [5.74, 6) is 0.269. The standard InChI is InChI=1S/C8H11NO2S2/c1-4-13-8(12-3)6(5-9)7(10)11-2/h4H2,1-3H3. The summed E-state index contributed by atoms with van der Waals surface area (Å²) in [6.07, 6.45) is 1.83. The van der Waals surface area contributed by atoms with Gasteiger partial charge >= 0.3 is 5.97 Å². The predicted octanol–water partition coefficient (Wildman–Crippen LogP) is 2.01. The molecule has 0 aliphatic rings. The Balaban J connectivity index is 4.84. The van der Waals surface area contributed by atoms with Gasteiger partial charge in [-0.2, -0.15) is 5.26 Å². The molecule has 72 valence electrons. The highest BCUT2D eigenvalue weighted by Gasteiger charge is 2.14. The first-order valence-corrected chi connectivity index (χ1v) is 5.81. The van der Waals surface area contributed by atoms with Gasteiger partial charge < -0.3 is 4.74 Å². The van der Waals surface area contributed by atoms with Crippen molar-refractivity contribution in [2.45, 2.75) is 6.92 Å². The number of rotatable bonds is 4. The Morgan fingerprint density at radius 3 is 2.54 bits per heavy atom. The van der Waals surface area contributed by atoms with Gasteiger partial charge in [0.1, 0.15) is 6.07 Å². The van der Waals surface area contributed by atoms with E-state index in [4.69, 9.17) is 5.26 Å². The molecule has 0 saturated carbocycles. The van der Waals surface area contributed by atoms with Crippen molar-refractivity contribution in [2.24, 2.45) is 0 Å². The molecule has 0 aliphatic carbocycles. The van der Waals surface area contributed by atoms with Crippen LogP contribution in [0, 0.1) is 11.3 Å². The van der Waals surface area contributed by atoms with E-state index in [0.29, 0.717) is 0 Å². The molecule has 0 heterocycles. The van der Waals surface area contributed by atoms with E-state index < -0.39 is 5.97 Å². The maximum absolute atomic E-state index is 11.1. The summed E-state index contributed by atoms with van der Waals surface area (Å²) in [6, 6.07) is 1.85. The Morgan fingerprint density at radius 2 is 2.23 bits per heavy atom. The molecule has 0 spiro atoms. The first-order valence-electron chi connectivity index (χ1n) is 3.60. The zero-order valence-corrected chi connectivity index (χ0v) is 9.42. The van der Waals surface area contributed by atoms with Crippen molar-refractivity contribution >= 4 is 29.5 Å². The highest BCUT2D eigenvalue weighted by Crippen LogP contribution is 2.29. The number of nitrogens with zero attached hydrogens (tertiary/aromatic N) is 1. The third kappa shape index (κ3) is 3.75. The zero-order valence-electron chi connectivity index (χ0n) is 7.79. The van der Waals surface area contributed by atoms with E-state index >= 15 is 0 Å². The quantitative estimate of drug-likeness (QED) is 0.409. The lowest BCUT2D eigenvalue weighted by molar-refractivity contribution is -0.135. The van der Waals surface area contributed by atoms with Crippen LogP contribution < -0.4 is 0 Å². The molecule has 3 nitrogen and oxygen atoms in total. The van der Waals surface area contributed by atoms with E-state index in [1.54, 1.807) is 0 Å². The van der Waals surface area contributed by atoms with Crippen molar-refractivity contribution in [1.82, 2.24) is 0 Å². The fraction of sp³-hybridized carbons (Fsp3) is 0.500. The van der Waals surface area contributed by atoms with E-state index in [1.807, 2.05) is 19.2 Å². The van der Waals surface area contributed by atoms with Crippen molar-refractivity contribution in [3.8, 4) is 6.07 Å². The maximum Gasteiger partial charge on any atom is 0.350 e. The fourth-order valence-electron chi connectivity index (χ4n) is 0.641. The molecule has 0 aliphatic heterocycles. The van der Waals surface area contributed by atoms with Gasteiger partial charge in [-0.25, -0.2) is 4.79 Å². The second-order valence-corrected chi connectivity index (χ2v) is 4.25. The van der Waals surface area contributed by atoms with Gasteiger partial charge in [0.2, 0.25) is 0 Å². The molecule has 0 aromatic rings. The van der Waals surface area contributed by atoms with Crippen molar-refractivity contribution in [3.05, 3.63) is 9.81 Å². The Bertz CT molecular complexity index is 255. The minimum atomic E-state index is -0.562. The van der Waals surface area contributed by atoms with Gasteiger partial charge in [-0.3, -0.25) is 0 Å². The molecule has 0 atom stereocenters. The number of thioether (sulfide) groups is 2. The van der Waals surface area contributed by atoms with Crippen LogP contribution in [-0.4, -0.2) is 25.1 Å². The molecule has 0 amide bonds. The number of methoxy groups -OCH3 is 1. The first-order chi connectivity index (χ1) is 6.21. The highest BCUT2D eigenvalue weighted by atomic mass is 32.2. The molecule has 0 fully saturated rings. The molecule has 0 rings (SSSR count). The fourth-order valence-corrected chi connectivity index (χ4v) is 2.33. The summed E-state index contributed by atoms with van der Waals surface area (Å²) in [5, 5.41) is 8.72. The Kier molecular flexibility index (Phi) is 6.55. The van der Waals surface area contributed by atoms with E-state index in [-0.39, 0.29) is 5.57 Å². The number of nitriles is 1. The lowest BCUT2D eigenvalue weighted by Gasteiger charge is -2.03. The predicted molar refractivity (Wildman–Crippen MR) is 56.3 cm³/mol. The molecule has 0 radical (unpaired) electrons. The van der Waals surface area contributed by atoms with Crippen molar-refractivity contribution in [1.29, 1.82) is 5.26 Å². The lowest BCUT2D eigenvalue weighted by atomic mass is 10.3. The molecule has 0 bridgehead atoms. The molecule has 0 aromatic carbocycles. The number of hydrogen-bond acceptors (Lipinski definition) is 5. The number of ether oxygens (including phenoxy) is 1. The van der Waals surface area contributed by atoms with Crippen LogP contribution in [0.5, 0.6) is 0 Å². The summed E-state index contributed by atoms with van der Waals surface area (Å²) >= 11 is 2.86. The van der Waals surface area contributed by atoms with Crippen LogP contribution >= 0.6 is 23.5 Å². The van der Waals surface area contributed by atoms with E-state index in [2.05, 4.69) is 4.74 Å². The van der Waals surface area contributed by atoms with E-state index in [0.717, 1.165) is 9.99 Å². The van der Waals surface area contributed by atoms with Gasteiger partial charge in [0.05, 0.1) is 11.3 Å². The molecular formula is C8H11NO2S2. The largest absolute Gasteiger partial charge is 0.465 e. The minimum Gasteiger partial charge on any atom is -0.465 e. The normalized spacial score (nSPS) is 11.5. The van der Waals surface area contributed by atoms with E-state index in [1.165, 1.54) is 30.6 Å². The highest BCUT2D eigenvalue weighted by molar-refractivity contribution is 8.22. The summed E-state index contributed by atoms with van der Waals surface area (Å²) < 4.78 is 5.21.